The number of imide groups is 3. The molecule has 0 spiro atoms. The van der Waals surface area contributed by atoms with Gasteiger partial charge in [0.15, 0.2) is 0 Å². The zero-order chi connectivity index (χ0) is 42.0. The van der Waals surface area contributed by atoms with Gasteiger partial charge in [-0.25, -0.2) is 4.79 Å². The van der Waals surface area contributed by atoms with Crippen molar-refractivity contribution < 1.29 is 76.4 Å². The van der Waals surface area contributed by atoms with Crippen LogP contribution in [-0.2, 0) is 76.4 Å². The molecular formula is C36H52N6O16. The molecule has 58 heavy (non-hydrogen) atoms. The third kappa shape index (κ3) is 19.0. The highest BCUT2D eigenvalue weighted by atomic mass is 16.7. The van der Waals surface area contributed by atoms with Crippen molar-refractivity contribution in [3.63, 3.8) is 0 Å². The van der Waals surface area contributed by atoms with Crippen LogP contribution in [0.2, 0.25) is 0 Å². The van der Waals surface area contributed by atoms with Gasteiger partial charge in [0.1, 0.15) is 0 Å². The van der Waals surface area contributed by atoms with E-state index in [9.17, 15) is 43.2 Å². The van der Waals surface area contributed by atoms with Crippen molar-refractivity contribution in [2.24, 2.45) is 0 Å². The first-order chi connectivity index (χ1) is 28.0. The minimum absolute atomic E-state index is 0.00169. The van der Waals surface area contributed by atoms with Crippen molar-refractivity contribution in [2.45, 2.75) is 25.7 Å². The van der Waals surface area contributed by atoms with Crippen molar-refractivity contribution >= 4 is 53.2 Å². The van der Waals surface area contributed by atoms with Crippen molar-refractivity contribution in [1.82, 2.24) is 30.4 Å². The third-order valence-electron chi connectivity index (χ3n) is 8.21. The number of hydrogen-bond acceptors (Lipinski definition) is 17. The fourth-order valence-corrected chi connectivity index (χ4v) is 5.14. The largest absolute Gasteiger partial charge is 0.378 e. The molecule has 0 aromatic rings. The summed E-state index contributed by atoms with van der Waals surface area (Å²) >= 11 is 0. The van der Waals surface area contributed by atoms with Crippen LogP contribution in [0, 0.1) is 0 Å². The second-order valence-corrected chi connectivity index (χ2v) is 12.5. The Morgan fingerprint density at radius 3 is 1.24 bits per heavy atom. The maximum Gasteiger partial charge on any atom is 0.347 e. The average molecular weight is 825 g/mol. The molecule has 0 saturated carbocycles. The summed E-state index contributed by atoms with van der Waals surface area (Å²) in [5.41, 5.74) is 0. The molecule has 0 radical (unpaired) electrons. The molecule has 3 heterocycles. The van der Waals surface area contributed by atoms with Crippen LogP contribution in [0.3, 0.4) is 0 Å². The molecule has 0 aromatic heterocycles. The topological polar surface area (TPSA) is 255 Å². The lowest BCUT2D eigenvalue weighted by molar-refractivity contribution is -0.198. The number of nitrogens with one attached hydrogen (secondary N) is 2. The van der Waals surface area contributed by atoms with Gasteiger partial charge in [-0.2, -0.15) is 0 Å². The molecule has 3 rings (SSSR count). The van der Waals surface area contributed by atoms with Crippen molar-refractivity contribution in [1.29, 1.82) is 0 Å². The summed E-state index contributed by atoms with van der Waals surface area (Å²) in [7, 11) is 0. The minimum Gasteiger partial charge on any atom is -0.378 e. The lowest BCUT2D eigenvalue weighted by Gasteiger charge is -2.22. The quantitative estimate of drug-likeness (QED) is 0.0490. The number of carbonyl (C=O) groups excluding carboxylic acids is 9. The van der Waals surface area contributed by atoms with Crippen LogP contribution in [0.5, 0.6) is 0 Å². The van der Waals surface area contributed by atoms with Gasteiger partial charge in [-0.05, 0) is 0 Å². The zero-order valence-corrected chi connectivity index (χ0v) is 32.4. The van der Waals surface area contributed by atoms with Gasteiger partial charge in [-0.1, -0.05) is 0 Å². The van der Waals surface area contributed by atoms with Crippen molar-refractivity contribution in [2.75, 3.05) is 125 Å². The van der Waals surface area contributed by atoms with E-state index in [1.807, 2.05) is 0 Å². The third-order valence-corrected chi connectivity index (χ3v) is 8.21. The number of hydrogen-bond donors (Lipinski definition) is 2. The highest BCUT2D eigenvalue weighted by molar-refractivity contribution is 6.13. The van der Waals surface area contributed by atoms with Gasteiger partial charge >= 0.3 is 5.97 Å². The van der Waals surface area contributed by atoms with Crippen LogP contribution >= 0.6 is 0 Å². The van der Waals surface area contributed by atoms with Gasteiger partial charge in [-0.15, -0.1) is 5.06 Å². The Balaban J connectivity index is 1.17. The molecule has 0 atom stereocenters. The zero-order valence-electron chi connectivity index (χ0n) is 32.4. The van der Waals surface area contributed by atoms with Gasteiger partial charge in [0.05, 0.1) is 85.8 Å². The molecule has 0 aliphatic carbocycles. The van der Waals surface area contributed by atoms with Gasteiger partial charge < -0.3 is 43.9 Å². The SMILES string of the molecule is O=C(CCN1C(=O)C=CC1=O)NCCOCCOCCOCCN(CCOCCOCCOCCNC(=O)CCN1C(=O)C=CC1=O)CC(=O)ON1C(=O)CCC1=O. The van der Waals surface area contributed by atoms with Crippen LogP contribution in [0.1, 0.15) is 25.7 Å². The van der Waals surface area contributed by atoms with Gasteiger partial charge in [0.25, 0.3) is 35.4 Å². The van der Waals surface area contributed by atoms with E-state index in [0.717, 1.165) is 34.1 Å². The Morgan fingerprint density at radius 1 is 0.517 bits per heavy atom. The van der Waals surface area contributed by atoms with E-state index < -0.39 is 41.4 Å². The van der Waals surface area contributed by atoms with Crippen molar-refractivity contribution in [3.8, 4) is 0 Å². The summed E-state index contributed by atoms with van der Waals surface area (Å²) in [5, 5.41) is 5.79. The predicted octanol–water partition coefficient (Wildman–Crippen LogP) is -3.14. The van der Waals surface area contributed by atoms with Gasteiger partial charge in [-0.3, -0.25) is 53.1 Å². The van der Waals surface area contributed by atoms with E-state index in [2.05, 4.69) is 10.6 Å². The number of hydroxylamine groups is 2. The Hall–Kier alpha value is -4.97. The first-order valence-corrected chi connectivity index (χ1v) is 18.9. The number of ether oxygens (including phenoxy) is 6. The fraction of sp³-hybridized carbons (Fsp3) is 0.639. The monoisotopic (exact) mass is 824 g/mol. The molecule has 22 nitrogen and oxygen atoms in total. The maximum atomic E-state index is 12.5. The summed E-state index contributed by atoms with van der Waals surface area (Å²) in [5.74, 6) is -4.29. The van der Waals surface area contributed by atoms with E-state index in [0.29, 0.717) is 18.2 Å². The fourth-order valence-electron chi connectivity index (χ4n) is 5.14. The molecule has 8 amide bonds. The Bertz CT molecular complexity index is 1360. The summed E-state index contributed by atoms with van der Waals surface area (Å²) < 4.78 is 33.0. The molecule has 1 saturated heterocycles. The highest BCUT2D eigenvalue weighted by Crippen LogP contribution is 2.12. The summed E-state index contributed by atoms with van der Waals surface area (Å²) in [6, 6.07) is 0. The van der Waals surface area contributed by atoms with Crippen LogP contribution in [-0.4, -0.2) is 198 Å². The Kier molecular flexibility index (Phi) is 22.6. The molecule has 1 fully saturated rings. The standard InChI is InChI=1S/C36H52N6O16/c43-28(7-11-40-30(45)1-2-31(40)46)37-9-15-52-19-23-56-25-21-54-17-13-39(27-36(51)58-42-34(49)5-6-35(42)50)14-18-55-22-26-57-24-20-53-16-10-38-29(44)8-12-41-32(47)3-4-33(41)48/h1-4H,5-27H2,(H,37,43)(H,38,44). The smallest absolute Gasteiger partial charge is 0.347 e. The van der Waals surface area contributed by atoms with Crippen LogP contribution in [0.15, 0.2) is 24.3 Å². The number of nitrogens with zero attached hydrogens (tertiary/aromatic N) is 4. The molecule has 0 unspecified atom stereocenters. The molecule has 2 N–H and O–H groups in total. The van der Waals surface area contributed by atoms with Crippen LogP contribution < -0.4 is 10.6 Å². The van der Waals surface area contributed by atoms with E-state index in [4.69, 9.17) is 33.3 Å². The van der Waals surface area contributed by atoms with Crippen molar-refractivity contribution in [3.05, 3.63) is 24.3 Å². The molecular weight excluding hydrogens is 772 g/mol. The van der Waals surface area contributed by atoms with Crippen LogP contribution in [0.25, 0.3) is 0 Å². The summed E-state index contributed by atoms with van der Waals surface area (Å²) in [4.78, 5) is 115. The van der Waals surface area contributed by atoms with E-state index in [1.165, 1.54) is 0 Å². The number of rotatable bonds is 33. The second kappa shape index (κ2) is 27.6. The lowest BCUT2D eigenvalue weighted by atomic mass is 10.3. The van der Waals surface area contributed by atoms with E-state index in [1.54, 1.807) is 4.90 Å². The molecule has 0 aromatic carbocycles. The molecule has 3 aliphatic rings. The molecule has 0 bridgehead atoms. The van der Waals surface area contributed by atoms with Crippen LogP contribution in [0.4, 0.5) is 0 Å². The Morgan fingerprint density at radius 2 is 0.862 bits per heavy atom. The number of carbonyl (C=O) groups is 9. The molecule has 322 valence electrons. The predicted molar refractivity (Wildman–Crippen MR) is 196 cm³/mol. The maximum absolute atomic E-state index is 12.5. The first-order valence-electron chi connectivity index (χ1n) is 18.9. The first kappa shape index (κ1) is 47.4. The molecule has 22 heteroatoms. The van der Waals surface area contributed by atoms with E-state index >= 15 is 0 Å². The number of amides is 8. The molecule has 3 aliphatic heterocycles. The average Bonchev–Trinajstić information content (AvgIpc) is 3.82. The minimum atomic E-state index is -0.783. The van der Waals surface area contributed by atoms with Gasteiger partial charge in [0, 0.05) is 89.3 Å². The highest BCUT2D eigenvalue weighted by Gasteiger charge is 2.33. The lowest BCUT2D eigenvalue weighted by Crippen LogP contribution is -2.40. The normalized spacial score (nSPS) is 15.2. The van der Waals surface area contributed by atoms with Gasteiger partial charge in [0.2, 0.25) is 11.8 Å². The summed E-state index contributed by atoms with van der Waals surface area (Å²) in [6.07, 6.45) is 4.62. The Labute approximate surface area is 334 Å². The van der Waals surface area contributed by atoms with E-state index in [-0.39, 0.29) is 150 Å². The summed E-state index contributed by atoms with van der Waals surface area (Å²) in [6.45, 7) is 4.12. The second-order valence-electron chi connectivity index (χ2n) is 12.5.